The van der Waals surface area contributed by atoms with Gasteiger partial charge < -0.3 is 14.5 Å². The van der Waals surface area contributed by atoms with Gasteiger partial charge >= 0.3 is 13.8 Å². The van der Waals surface area contributed by atoms with Gasteiger partial charge in [0.05, 0.1) is 12.2 Å². The second kappa shape index (κ2) is 6.47. The number of phosphoric acid groups is 1. The molecule has 2 N–H and O–H groups in total. The molecule has 98 valence electrons. The van der Waals surface area contributed by atoms with Crippen molar-refractivity contribution in [2.75, 3.05) is 13.2 Å². The minimum absolute atomic E-state index is 0.173. The van der Waals surface area contributed by atoms with Crippen LogP contribution >= 0.6 is 7.82 Å². The summed E-state index contributed by atoms with van der Waals surface area (Å²) in [5, 5.41) is 0. The molecule has 7 heteroatoms. The number of phosphoric ester groups is 1. The molecule has 0 saturated carbocycles. The van der Waals surface area contributed by atoms with Crippen LogP contribution in [0.15, 0.2) is 36.9 Å². The molecule has 0 saturated heterocycles. The lowest BCUT2D eigenvalue weighted by molar-refractivity contribution is -0.137. The van der Waals surface area contributed by atoms with Gasteiger partial charge in [0.1, 0.15) is 6.61 Å². The van der Waals surface area contributed by atoms with Crippen LogP contribution in [0.2, 0.25) is 0 Å². The molecule has 0 aromatic heterocycles. The summed E-state index contributed by atoms with van der Waals surface area (Å²) in [6.45, 7) is 2.95. The standard InChI is InChI=1S/C11H13O6P/c1-9(10-5-3-2-4-6-10)11(12)16-7-8-17-18(13,14)15/h2-6H,1,7-8H2,(H2,13,14,15). The predicted octanol–water partition coefficient (Wildman–Crippen LogP) is 1.35. The zero-order chi connectivity index (χ0) is 13.6. The molecule has 0 bridgehead atoms. The molecule has 1 aromatic carbocycles. The Morgan fingerprint density at radius 3 is 2.39 bits per heavy atom. The molecular weight excluding hydrogens is 259 g/mol. The van der Waals surface area contributed by atoms with Gasteiger partial charge in [-0.1, -0.05) is 36.9 Å². The van der Waals surface area contributed by atoms with Gasteiger partial charge in [0.15, 0.2) is 0 Å². The summed E-state index contributed by atoms with van der Waals surface area (Å²) >= 11 is 0. The Bertz CT molecular complexity index is 464. The van der Waals surface area contributed by atoms with Crippen LogP contribution in [0.4, 0.5) is 0 Å². The molecule has 0 unspecified atom stereocenters. The highest BCUT2D eigenvalue weighted by molar-refractivity contribution is 7.46. The molecule has 1 aromatic rings. The SMILES string of the molecule is C=C(C(=O)OCCOP(=O)(O)O)c1ccccc1. The third-order valence-corrected chi connectivity index (χ3v) is 2.46. The van der Waals surface area contributed by atoms with Crippen molar-refractivity contribution in [1.82, 2.24) is 0 Å². The summed E-state index contributed by atoms with van der Waals surface area (Å²) < 4.78 is 19.2. The number of hydrogen-bond donors (Lipinski definition) is 2. The first-order valence-electron chi connectivity index (χ1n) is 5.01. The van der Waals surface area contributed by atoms with Crippen LogP contribution in [0, 0.1) is 0 Å². The number of esters is 1. The van der Waals surface area contributed by atoms with E-state index in [4.69, 9.17) is 14.5 Å². The Morgan fingerprint density at radius 1 is 1.22 bits per heavy atom. The average molecular weight is 272 g/mol. The highest BCUT2D eigenvalue weighted by Crippen LogP contribution is 2.35. The van der Waals surface area contributed by atoms with Crippen molar-refractivity contribution >= 4 is 19.4 Å². The number of carbonyl (C=O) groups is 1. The van der Waals surface area contributed by atoms with Gasteiger partial charge in [0, 0.05) is 0 Å². The third-order valence-electron chi connectivity index (χ3n) is 1.94. The fourth-order valence-corrected chi connectivity index (χ4v) is 1.45. The van der Waals surface area contributed by atoms with Crippen LogP contribution in [-0.4, -0.2) is 29.0 Å². The molecule has 0 amide bonds. The lowest BCUT2D eigenvalue weighted by Gasteiger charge is -2.08. The summed E-state index contributed by atoms with van der Waals surface area (Å²) in [7, 11) is -4.52. The first kappa shape index (κ1) is 14.6. The smallest absolute Gasteiger partial charge is 0.460 e. The molecule has 0 aliphatic rings. The summed E-state index contributed by atoms with van der Waals surface area (Å²) in [6.07, 6.45) is 0. The summed E-state index contributed by atoms with van der Waals surface area (Å²) in [4.78, 5) is 28.3. The topological polar surface area (TPSA) is 93.1 Å². The second-order valence-corrected chi connectivity index (χ2v) is 4.54. The van der Waals surface area contributed by atoms with Crippen LogP contribution in [-0.2, 0) is 18.6 Å². The van der Waals surface area contributed by atoms with Crippen LogP contribution in [0.25, 0.3) is 5.57 Å². The van der Waals surface area contributed by atoms with E-state index >= 15 is 0 Å². The predicted molar refractivity (Wildman–Crippen MR) is 64.4 cm³/mol. The molecule has 0 heterocycles. The molecular formula is C11H13O6P. The summed E-state index contributed by atoms with van der Waals surface area (Å²) in [6, 6.07) is 8.72. The monoisotopic (exact) mass is 272 g/mol. The van der Waals surface area contributed by atoms with Crippen LogP contribution in [0.3, 0.4) is 0 Å². The van der Waals surface area contributed by atoms with Crippen molar-refractivity contribution < 1.29 is 28.4 Å². The van der Waals surface area contributed by atoms with Gasteiger partial charge in [-0.15, -0.1) is 0 Å². The van der Waals surface area contributed by atoms with E-state index in [0.29, 0.717) is 5.56 Å². The lowest BCUT2D eigenvalue weighted by atomic mass is 10.1. The van der Waals surface area contributed by atoms with Crippen LogP contribution in [0.5, 0.6) is 0 Å². The van der Waals surface area contributed by atoms with Crippen molar-refractivity contribution in [3.05, 3.63) is 42.5 Å². The maximum Gasteiger partial charge on any atom is 0.469 e. The first-order chi connectivity index (χ1) is 8.40. The van der Waals surface area contributed by atoms with E-state index in [2.05, 4.69) is 11.1 Å². The molecule has 0 aliphatic heterocycles. The quantitative estimate of drug-likeness (QED) is 0.351. The molecule has 0 fully saturated rings. The van der Waals surface area contributed by atoms with Gasteiger partial charge in [-0.3, -0.25) is 4.52 Å². The number of benzene rings is 1. The minimum atomic E-state index is -4.52. The van der Waals surface area contributed by atoms with E-state index in [0.717, 1.165) is 0 Å². The Kier molecular flexibility index (Phi) is 5.25. The van der Waals surface area contributed by atoms with E-state index in [-0.39, 0.29) is 18.8 Å². The Hall–Kier alpha value is -1.46. The molecule has 0 radical (unpaired) electrons. The number of ether oxygens (including phenoxy) is 1. The first-order valence-corrected chi connectivity index (χ1v) is 6.55. The number of rotatable bonds is 6. The van der Waals surface area contributed by atoms with E-state index in [9.17, 15) is 9.36 Å². The van der Waals surface area contributed by atoms with Crippen molar-refractivity contribution in [1.29, 1.82) is 0 Å². The molecule has 1 rings (SSSR count). The molecule has 0 atom stereocenters. The maximum atomic E-state index is 11.5. The Labute approximate surface area is 104 Å². The molecule has 6 nitrogen and oxygen atoms in total. The summed E-state index contributed by atoms with van der Waals surface area (Å²) in [5.74, 6) is -0.657. The summed E-state index contributed by atoms with van der Waals surface area (Å²) in [5.41, 5.74) is 0.796. The highest BCUT2D eigenvalue weighted by atomic mass is 31.2. The maximum absolute atomic E-state index is 11.5. The fraction of sp³-hybridized carbons (Fsp3) is 0.182. The normalized spacial score (nSPS) is 11.0. The molecule has 0 aliphatic carbocycles. The molecule has 18 heavy (non-hydrogen) atoms. The van der Waals surface area contributed by atoms with E-state index in [1.807, 2.05) is 0 Å². The van der Waals surface area contributed by atoms with E-state index in [1.165, 1.54) is 0 Å². The van der Waals surface area contributed by atoms with Gasteiger partial charge in [-0.25, -0.2) is 9.36 Å². The number of carbonyl (C=O) groups excluding carboxylic acids is 1. The van der Waals surface area contributed by atoms with E-state index < -0.39 is 13.8 Å². The van der Waals surface area contributed by atoms with Crippen LogP contribution < -0.4 is 0 Å². The Morgan fingerprint density at radius 2 is 1.83 bits per heavy atom. The van der Waals surface area contributed by atoms with Crippen LogP contribution in [0.1, 0.15) is 5.56 Å². The Balaban J connectivity index is 2.38. The highest BCUT2D eigenvalue weighted by Gasteiger charge is 2.14. The van der Waals surface area contributed by atoms with Gasteiger partial charge in [0.2, 0.25) is 0 Å². The van der Waals surface area contributed by atoms with Gasteiger partial charge in [0.25, 0.3) is 0 Å². The molecule has 0 spiro atoms. The second-order valence-electron chi connectivity index (χ2n) is 3.30. The fourth-order valence-electron chi connectivity index (χ4n) is 1.13. The third kappa shape index (κ3) is 5.25. The zero-order valence-electron chi connectivity index (χ0n) is 9.48. The minimum Gasteiger partial charge on any atom is -0.460 e. The van der Waals surface area contributed by atoms with Crippen molar-refractivity contribution in [2.24, 2.45) is 0 Å². The van der Waals surface area contributed by atoms with Gasteiger partial charge in [-0.05, 0) is 5.56 Å². The van der Waals surface area contributed by atoms with Crippen molar-refractivity contribution in [2.45, 2.75) is 0 Å². The average Bonchev–Trinajstić information content (AvgIpc) is 2.33. The van der Waals surface area contributed by atoms with Crippen molar-refractivity contribution in [3.63, 3.8) is 0 Å². The largest absolute Gasteiger partial charge is 0.469 e. The van der Waals surface area contributed by atoms with E-state index in [1.54, 1.807) is 30.3 Å². The van der Waals surface area contributed by atoms with Gasteiger partial charge in [-0.2, -0.15) is 0 Å². The lowest BCUT2D eigenvalue weighted by Crippen LogP contribution is -2.11. The van der Waals surface area contributed by atoms with Crippen molar-refractivity contribution in [3.8, 4) is 0 Å². The number of hydrogen-bond acceptors (Lipinski definition) is 4. The zero-order valence-corrected chi connectivity index (χ0v) is 10.4.